The highest BCUT2D eigenvalue weighted by molar-refractivity contribution is 5.98. The van der Waals surface area contributed by atoms with E-state index in [-0.39, 0.29) is 11.6 Å². The molecule has 0 unspecified atom stereocenters. The zero-order valence-corrected chi connectivity index (χ0v) is 14.6. The lowest BCUT2D eigenvalue weighted by Crippen LogP contribution is -2.51. The van der Waals surface area contributed by atoms with Crippen molar-refractivity contribution in [1.82, 2.24) is 9.88 Å². The predicted molar refractivity (Wildman–Crippen MR) is 99.1 cm³/mol. The Morgan fingerprint density at radius 3 is 2.73 bits per heavy atom. The van der Waals surface area contributed by atoms with E-state index in [2.05, 4.69) is 4.98 Å². The number of hydrogen-bond acceptors (Lipinski definition) is 5. The first-order valence-corrected chi connectivity index (χ1v) is 9.18. The monoisotopic (exact) mass is 354 g/mol. The Bertz CT molecular complexity index is 848. The van der Waals surface area contributed by atoms with Gasteiger partial charge in [-0.05, 0) is 37.0 Å². The van der Waals surface area contributed by atoms with Crippen molar-refractivity contribution in [3.8, 4) is 0 Å². The Morgan fingerprint density at radius 2 is 2.00 bits per heavy atom. The minimum absolute atomic E-state index is 0.0445. The van der Waals surface area contributed by atoms with Crippen LogP contribution in [-0.2, 0) is 4.79 Å². The van der Waals surface area contributed by atoms with E-state index in [4.69, 9.17) is 0 Å². The lowest BCUT2D eigenvalue weighted by atomic mass is 10.1. The van der Waals surface area contributed by atoms with Crippen molar-refractivity contribution < 1.29 is 9.72 Å². The van der Waals surface area contributed by atoms with Crippen LogP contribution in [0, 0.1) is 16.0 Å². The number of aromatic nitrogens is 1. The number of piperazine rings is 1. The normalized spacial score (nSPS) is 18.7. The molecule has 0 bridgehead atoms. The number of benzene rings is 1. The van der Waals surface area contributed by atoms with Gasteiger partial charge in [-0.2, -0.15) is 0 Å². The minimum atomic E-state index is -0.390. The summed E-state index contributed by atoms with van der Waals surface area (Å²) in [5.41, 5.74) is 1.42. The van der Waals surface area contributed by atoms with E-state index >= 15 is 0 Å². The molecule has 2 aliphatic rings. The summed E-state index contributed by atoms with van der Waals surface area (Å²) in [7, 11) is 0. The first kappa shape index (κ1) is 16.8. The van der Waals surface area contributed by atoms with E-state index in [1.54, 1.807) is 24.4 Å². The van der Waals surface area contributed by atoms with E-state index in [1.807, 2.05) is 9.80 Å². The van der Waals surface area contributed by atoms with Gasteiger partial charge in [-0.3, -0.25) is 19.9 Å². The molecule has 1 saturated heterocycles. The quantitative estimate of drug-likeness (QED) is 0.623. The fourth-order valence-electron chi connectivity index (χ4n) is 4.17. The van der Waals surface area contributed by atoms with Gasteiger partial charge < -0.3 is 9.80 Å². The van der Waals surface area contributed by atoms with Crippen LogP contribution in [-0.4, -0.2) is 46.9 Å². The van der Waals surface area contributed by atoms with Gasteiger partial charge in [-0.1, -0.05) is 12.8 Å². The molecule has 1 aliphatic carbocycles. The van der Waals surface area contributed by atoms with E-state index < -0.39 is 4.92 Å². The standard InChI is InChI=1S/C19H22N4O3/c24-18-13-21(10-11-22(18)12-14-4-1-2-5-14)17-8-7-16(23(25)26)15-6-3-9-20-19(15)17/h3,6-9,14H,1-2,4-5,10-13H2. The van der Waals surface area contributed by atoms with Crippen molar-refractivity contribution in [2.75, 3.05) is 31.1 Å². The van der Waals surface area contributed by atoms with E-state index in [9.17, 15) is 14.9 Å². The van der Waals surface area contributed by atoms with Gasteiger partial charge in [-0.25, -0.2) is 0 Å². The molecular weight excluding hydrogens is 332 g/mol. The second-order valence-electron chi connectivity index (χ2n) is 7.17. The molecule has 0 atom stereocenters. The summed E-state index contributed by atoms with van der Waals surface area (Å²) in [6.45, 7) is 2.59. The van der Waals surface area contributed by atoms with Crippen LogP contribution in [0.4, 0.5) is 11.4 Å². The molecule has 1 aliphatic heterocycles. The summed E-state index contributed by atoms with van der Waals surface area (Å²) >= 11 is 0. The van der Waals surface area contributed by atoms with Gasteiger partial charge in [0.25, 0.3) is 5.69 Å². The van der Waals surface area contributed by atoms with Gasteiger partial charge in [0.2, 0.25) is 5.91 Å². The van der Waals surface area contributed by atoms with Gasteiger partial charge in [0.15, 0.2) is 0 Å². The Kier molecular flexibility index (Phi) is 4.44. The van der Waals surface area contributed by atoms with Crippen LogP contribution >= 0.6 is 0 Å². The van der Waals surface area contributed by atoms with E-state index in [0.717, 1.165) is 18.8 Å². The summed E-state index contributed by atoms with van der Waals surface area (Å²) < 4.78 is 0. The van der Waals surface area contributed by atoms with E-state index in [0.29, 0.717) is 29.9 Å². The third kappa shape index (κ3) is 3.09. The second-order valence-corrected chi connectivity index (χ2v) is 7.17. The number of anilines is 1. The van der Waals surface area contributed by atoms with Gasteiger partial charge in [0.05, 0.1) is 22.5 Å². The molecule has 1 saturated carbocycles. The number of non-ortho nitro benzene ring substituents is 1. The number of hydrogen-bond donors (Lipinski definition) is 0. The number of nitrogens with zero attached hydrogens (tertiary/aromatic N) is 4. The Hall–Kier alpha value is -2.70. The first-order valence-electron chi connectivity index (χ1n) is 9.18. The molecule has 1 aromatic heterocycles. The minimum Gasteiger partial charge on any atom is -0.359 e. The van der Waals surface area contributed by atoms with Crippen LogP contribution in [0.3, 0.4) is 0 Å². The van der Waals surface area contributed by atoms with Crippen LogP contribution in [0.2, 0.25) is 0 Å². The number of pyridine rings is 1. The fourth-order valence-corrected chi connectivity index (χ4v) is 4.17. The largest absolute Gasteiger partial charge is 0.359 e. The second kappa shape index (κ2) is 6.90. The molecule has 0 N–H and O–H groups in total. The predicted octanol–water partition coefficient (Wildman–Crippen LogP) is 2.98. The maximum atomic E-state index is 12.6. The molecule has 1 aromatic carbocycles. The molecule has 2 fully saturated rings. The third-order valence-corrected chi connectivity index (χ3v) is 5.53. The van der Waals surface area contributed by atoms with Crippen molar-refractivity contribution in [1.29, 1.82) is 0 Å². The van der Waals surface area contributed by atoms with Crippen molar-refractivity contribution >= 4 is 28.2 Å². The fraction of sp³-hybridized carbons (Fsp3) is 0.474. The molecule has 2 aromatic rings. The van der Waals surface area contributed by atoms with Crippen molar-refractivity contribution in [3.05, 3.63) is 40.6 Å². The van der Waals surface area contributed by atoms with Crippen LogP contribution in [0.25, 0.3) is 10.9 Å². The molecule has 26 heavy (non-hydrogen) atoms. The summed E-state index contributed by atoms with van der Waals surface area (Å²) in [4.78, 5) is 31.8. The molecule has 4 rings (SSSR count). The average Bonchev–Trinajstić information content (AvgIpc) is 3.15. The van der Waals surface area contributed by atoms with Crippen LogP contribution in [0.1, 0.15) is 25.7 Å². The van der Waals surface area contributed by atoms with E-state index in [1.165, 1.54) is 31.7 Å². The zero-order chi connectivity index (χ0) is 18.1. The maximum absolute atomic E-state index is 12.6. The molecule has 136 valence electrons. The summed E-state index contributed by atoms with van der Waals surface area (Å²) in [5.74, 6) is 0.776. The number of rotatable bonds is 4. The number of carbonyl (C=O) groups excluding carboxylic acids is 1. The lowest BCUT2D eigenvalue weighted by Gasteiger charge is -2.37. The van der Waals surface area contributed by atoms with Crippen molar-refractivity contribution in [2.24, 2.45) is 5.92 Å². The van der Waals surface area contributed by atoms with Crippen LogP contribution in [0.15, 0.2) is 30.5 Å². The number of nitro groups is 1. The van der Waals surface area contributed by atoms with Crippen molar-refractivity contribution in [2.45, 2.75) is 25.7 Å². The smallest absolute Gasteiger partial charge is 0.278 e. The number of carbonyl (C=O) groups is 1. The Morgan fingerprint density at radius 1 is 1.19 bits per heavy atom. The van der Waals surface area contributed by atoms with Crippen molar-refractivity contribution in [3.63, 3.8) is 0 Å². The molecular formula is C19H22N4O3. The first-order chi connectivity index (χ1) is 12.6. The average molecular weight is 354 g/mol. The Balaban J connectivity index is 1.56. The summed E-state index contributed by atoms with van der Waals surface area (Å²) in [6.07, 6.45) is 6.64. The molecule has 1 amide bonds. The summed E-state index contributed by atoms with van der Waals surface area (Å²) in [5, 5.41) is 11.8. The van der Waals surface area contributed by atoms with Crippen LogP contribution < -0.4 is 4.90 Å². The van der Waals surface area contributed by atoms with Crippen LogP contribution in [0.5, 0.6) is 0 Å². The molecule has 7 heteroatoms. The zero-order valence-electron chi connectivity index (χ0n) is 14.6. The lowest BCUT2D eigenvalue weighted by molar-refractivity contribution is -0.383. The topological polar surface area (TPSA) is 79.6 Å². The Labute approximate surface area is 151 Å². The molecule has 0 radical (unpaired) electrons. The van der Waals surface area contributed by atoms with Gasteiger partial charge in [0.1, 0.15) is 5.52 Å². The molecule has 2 heterocycles. The van der Waals surface area contributed by atoms with Gasteiger partial charge in [0, 0.05) is 31.9 Å². The highest BCUT2D eigenvalue weighted by atomic mass is 16.6. The third-order valence-electron chi connectivity index (χ3n) is 5.53. The highest BCUT2D eigenvalue weighted by Gasteiger charge is 2.29. The molecule has 0 spiro atoms. The summed E-state index contributed by atoms with van der Waals surface area (Å²) in [6, 6.07) is 6.63. The SMILES string of the molecule is O=C1CN(c2ccc([N+](=O)[O-])c3cccnc23)CCN1CC1CCCC1. The van der Waals surface area contributed by atoms with Gasteiger partial charge >= 0.3 is 0 Å². The highest BCUT2D eigenvalue weighted by Crippen LogP contribution is 2.33. The van der Waals surface area contributed by atoms with Gasteiger partial charge in [-0.15, -0.1) is 0 Å². The number of fused-ring (bicyclic) bond motifs is 1. The number of amides is 1. The number of nitro benzene ring substituents is 1. The maximum Gasteiger partial charge on any atom is 0.278 e. The molecule has 7 nitrogen and oxygen atoms in total.